The summed E-state index contributed by atoms with van der Waals surface area (Å²) in [5, 5.41) is 0.493. The lowest BCUT2D eigenvalue weighted by atomic mass is 10.0. The summed E-state index contributed by atoms with van der Waals surface area (Å²) in [5.74, 6) is -0.0950. The second kappa shape index (κ2) is 6.67. The van der Waals surface area contributed by atoms with E-state index < -0.39 is 0 Å². The molecule has 1 fully saturated rings. The third kappa shape index (κ3) is 2.75. The zero-order valence-corrected chi connectivity index (χ0v) is 16.5. The Hall–Kier alpha value is -2.92. The topological polar surface area (TPSA) is 26.8 Å². The highest BCUT2D eigenvalue weighted by molar-refractivity contribution is 7.80. The summed E-state index contributed by atoms with van der Waals surface area (Å²) >= 11 is 5.59. The SMILES string of the molecule is CCN1C(=C2C(=O)N(c3ccccc3)C(=S)N2C)C=Cc2cc(C)ccc21. The van der Waals surface area contributed by atoms with Crippen LogP contribution in [-0.4, -0.2) is 29.5 Å². The number of aryl methyl sites for hydroxylation is 1. The van der Waals surface area contributed by atoms with E-state index in [-0.39, 0.29) is 5.91 Å². The molecule has 5 heteroatoms. The third-order valence-corrected chi connectivity index (χ3v) is 5.43. The number of likely N-dealkylation sites (N-methyl/N-ethyl adjacent to an activating group) is 2. The van der Waals surface area contributed by atoms with Crippen LogP contribution in [0.5, 0.6) is 0 Å². The fourth-order valence-corrected chi connectivity index (χ4v) is 3.94. The van der Waals surface area contributed by atoms with Crippen LogP contribution in [0.25, 0.3) is 6.08 Å². The van der Waals surface area contributed by atoms with Crippen LogP contribution < -0.4 is 9.80 Å². The minimum absolute atomic E-state index is 0.0950. The molecule has 0 radical (unpaired) electrons. The zero-order valence-electron chi connectivity index (χ0n) is 15.6. The summed E-state index contributed by atoms with van der Waals surface area (Å²) in [6.45, 7) is 4.94. The van der Waals surface area contributed by atoms with E-state index in [0.29, 0.717) is 10.8 Å². The lowest BCUT2D eigenvalue weighted by molar-refractivity contribution is -0.114. The number of carbonyl (C=O) groups excluding carboxylic acids is 1. The van der Waals surface area contributed by atoms with Gasteiger partial charge < -0.3 is 9.80 Å². The van der Waals surface area contributed by atoms with E-state index in [2.05, 4.69) is 43.0 Å². The Bertz CT molecular complexity index is 994. The van der Waals surface area contributed by atoms with E-state index in [0.717, 1.165) is 29.2 Å². The zero-order chi connectivity index (χ0) is 19.1. The van der Waals surface area contributed by atoms with Crippen molar-refractivity contribution in [2.24, 2.45) is 0 Å². The van der Waals surface area contributed by atoms with E-state index in [1.807, 2.05) is 48.4 Å². The maximum absolute atomic E-state index is 13.3. The summed E-state index contributed by atoms with van der Waals surface area (Å²) in [4.78, 5) is 18.9. The number of hydrogen-bond donors (Lipinski definition) is 0. The van der Waals surface area contributed by atoms with E-state index in [1.165, 1.54) is 5.56 Å². The average Bonchev–Trinajstić information content (AvgIpc) is 2.90. The maximum Gasteiger partial charge on any atom is 0.283 e. The molecule has 2 heterocycles. The second-order valence-corrected chi connectivity index (χ2v) is 7.06. The van der Waals surface area contributed by atoms with Crippen molar-refractivity contribution in [1.29, 1.82) is 0 Å². The number of thiocarbonyl (C=S) groups is 1. The Morgan fingerprint density at radius 3 is 2.48 bits per heavy atom. The van der Waals surface area contributed by atoms with Crippen molar-refractivity contribution in [3.63, 3.8) is 0 Å². The first kappa shape index (κ1) is 17.5. The Labute approximate surface area is 165 Å². The van der Waals surface area contributed by atoms with E-state index in [4.69, 9.17) is 12.2 Å². The van der Waals surface area contributed by atoms with Crippen LogP contribution in [-0.2, 0) is 4.79 Å². The summed E-state index contributed by atoms with van der Waals surface area (Å²) in [5.41, 5.74) is 5.76. The second-order valence-electron chi connectivity index (χ2n) is 6.69. The van der Waals surface area contributed by atoms with Crippen molar-refractivity contribution in [2.75, 3.05) is 23.4 Å². The van der Waals surface area contributed by atoms with Gasteiger partial charge in [-0.3, -0.25) is 9.69 Å². The molecule has 2 aliphatic rings. The fourth-order valence-electron chi connectivity index (χ4n) is 3.66. The van der Waals surface area contributed by atoms with Crippen LogP contribution in [0.1, 0.15) is 18.1 Å². The highest BCUT2D eigenvalue weighted by Crippen LogP contribution is 2.36. The number of benzene rings is 2. The van der Waals surface area contributed by atoms with Gasteiger partial charge in [0.2, 0.25) is 0 Å². The van der Waals surface area contributed by atoms with E-state index >= 15 is 0 Å². The number of para-hydroxylation sites is 1. The largest absolute Gasteiger partial charge is 0.339 e. The first-order chi connectivity index (χ1) is 13.0. The standard InChI is InChI=1S/C22H21N3OS/c1-4-24-18-12-10-15(2)14-16(18)11-13-19(24)20-21(26)25(22(27)23(20)3)17-8-6-5-7-9-17/h5-14H,4H2,1-3H3. The quantitative estimate of drug-likeness (QED) is 0.577. The molecule has 2 aromatic carbocycles. The molecule has 2 aromatic rings. The minimum atomic E-state index is -0.0950. The first-order valence-electron chi connectivity index (χ1n) is 9.00. The van der Waals surface area contributed by atoms with Crippen molar-refractivity contribution in [1.82, 2.24) is 4.90 Å². The Kier molecular flexibility index (Phi) is 4.32. The van der Waals surface area contributed by atoms with Gasteiger partial charge in [0.15, 0.2) is 5.11 Å². The maximum atomic E-state index is 13.3. The van der Waals surface area contributed by atoms with Gasteiger partial charge in [-0.2, -0.15) is 0 Å². The molecule has 1 saturated heterocycles. The van der Waals surface area contributed by atoms with Gasteiger partial charge in [-0.15, -0.1) is 0 Å². The Morgan fingerprint density at radius 2 is 1.78 bits per heavy atom. The van der Waals surface area contributed by atoms with E-state index in [1.54, 1.807) is 4.90 Å². The molecule has 0 saturated carbocycles. The van der Waals surface area contributed by atoms with Gasteiger partial charge in [-0.1, -0.05) is 35.9 Å². The molecule has 136 valence electrons. The van der Waals surface area contributed by atoms with Gasteiger partial charge in [0.25, 0.3) is 5.91 Å². The number of rotatable bonds is 2. The Balaban J connectivity index is 1.84. The molecule has 0 atom stereocenters. The Morgan fingerprint density at radius 1 is 1.04 bits per heavy atom. The number of allylic oxidation sites excluding steroid dienone is 1. The fraction of sp³-hybridized carbons (Fsp3) is 0.182. The molecule has 0 bridgehead atoms. The van der Waals surface area contributed by atoms with Crippen LogP contribution >= 0.6 is 12.2 Å². The van der Waals surface area contributed by atoms with Crippen LogP contribution in [0.4, 0.5) is 11.4 Å². The molecule has 4 rings (SSSR count). The molecular weight excluding hydrogens is 354 g/mol. The summed E-state index contributed by atoms with van der Waals surface area (Å²) in [7, 11) is 1.86. The molecule has 0 unspecified atom stereocenters. The van der Waals surface area contributed by atoms with Crippen LogP contribution in [0.3, 0.4) is 0 Å². The smallest absolute Gasteiger partial charge is 0.283 e. The van der Waals surface area contributed by atoms with Crippen molar-refractivity contribution in [3.8, 4) is 0 Å². The van der Waals surface area contributed by atoms with Crippen molar-refractivity contribution in [3.05, 3.63) is 77.1 Å². The molecule has 4 nitrogen and oxygen atoms in total. The molecule has 0 N–H and O–H groups in total. The molecule has 0 spiro atoms. The van der Waals surface area contributed by atoms with Crippen LogP contribution in [0.15, 0.2) is 66.0 Å². The van der Waals surface area contributed by atoms with Crippen molar-refractivity contribution in [2.45, 2.75) is 13.8 Å². The predicted molar refractivity (Wildman–Crippen MR) is 115 cm³/mol. The summed E-state index contributed by atoms with van der Waals surface area (Å²) in [6.07, 6.45) is 4.10. The monoisotopic (exact) mass is 375 g/mol. The first-order valence-corrected chi connectivity index (χ1v) is 9.41. The molecule has 0 aliphatic carbocycles. The molecule has 1 amide bonds. The van der Waals surface area contributed by atoms with Crippen LogP contribution in [0.2, 0.25) is 0 Å². The average molecular weight is 375 g/mol. The van der Waals surface area contributed by atoms with Gasteiger partial charge in [0.1, 0.15) is 5.70 Å². The molecule has 27 heavy (non-hydrogen) atoms. The van der Waals surface area contributed by atoms with Crippen molar-refractivity contribution >= 4 is 40.7 Å². The number of anilines is 2. The highest BCUT2D eigenvalue weighted by Gasteiger charge is 2.40. The number of nitrogens with zero attached hydrogens (tertiary/aromatic N) is 3. The number of hydrogen-bond acceptors (Lipinski definition) is 3. The van der Waals surface area contributed by atoms with Gasteiger partial charge in [0, 0.05) is 19.3 Å². The number of fused-ring (bicyclic) bond motifs is 1. The number of amides is 1. The minimum Gasteiger partial charge on any atom is -0.339 e. The molecule has 2 aliphatic heterocycles. The van der Waals surface area contributed by atoms with Gasteiger partial charge in [0.05, 0.1) is 11.4 Å². The third-order valence-electron chi connectivity index (χ3n) is 4.98. The van der Waals surface area contributed by atoms with Crippen molar-refractivity contribution < 1.29 is 4.79 Å². The van der Waals surface area contributed by atoms with Gasteiger partial charge in [-0.25, -0.2) is 0 Å². The normalized spacial score (nSPS) is 19.1. The number of carbonyl (C=O) groups is 1. The lowest BCUT2D eigenvalue weighted by Gasteiger charge is -2.31. The lowest BCUT2D eigenvalue weighted by Crippen LogP contribution is -2.30. The molecular formula is C22H21N3OS. The summed E-state index contributed by atoms with van der Waals surface area (Å²) < 4.78 is 0. The van der Waals surface area contributed by atoms with Crippen LogP contribution in [0, 0.1) is 6.92 Å². The summed E-state index contributed by atoms with van der Waals surface area (Å²) in [6, 6.07) is 15.9. The highest BCUT2D eigenvalue weighted by atomic mass is 32.1. The van der Waals surface area contributed by atoms with E-state index in [9.17, 15) is 4.79 Å². The van der Waals surface area contributed by atoms with Gasteiger partial charge >= 0.3 is 0 Å². The van der Waals surface area contributed by atoms with Gasteiger partial charge in [-0.05, 0) is 62.0 Å². The molecule has 0 aromatic heterocycles. The predicted octanol–water partition coefficient (Wildman–Crippen LogP) is 4.32.